The van der Waals surface area contributed by atoms with Crippen LogP contribution in [0.4, 0.5) is 0 Å². The van der Waals surface area contributed by atoms with E-state index in [1.807, 2.05) is 0 Å². The monoisotopic (exact) mass is 380 g/mol. The number of amides is 1. The number of hydrogen-bond acceptors (Lipinski definition) is 4. The van der Waals surface area contributed by atoms with Gasteiger partial charge in [-0.2, -0.15) is 0 Å². The number of carboxylic acids is 1. The third kappa shape index (κ3) is 4.89. The van der Waals surface area contributed by atoms with Crippen LogP contribution < -0.4 is 10.1 Å². The molecule has 2 atom stereocenters. The number of nitrogens with zero attached hydrogens (tertiary/aromatic N) is 1. The van der Waals surface area contributed by atoms with Gasteiger partial charge in [-0.15, -0.1) is 0 Å². The van der Waals surface area contributed by atoms with Crippen LogP contribution in [0.5, 0.6) is 5.75 Å². The largest absolute Gasteiger partial charge is 0.497 e. The first kappa shape index (κ1) is 19.0. The fraction of sp³-hybridized carbons (Fsp3) is 0.579. The number of carbonyl (C=O) groups excluding carboxylic acids is 1. The number of carboxylic acid groups (broad SMARTS) is 1. The number of carbonyl (C=O) groups is 2. The minimum atomic E-state index is -0.758. The van der Waals surface area contributed by atoms with Gasteiger partial charge >= 0.3 is 5.97 Å². The molecule has 6 nitrogen and oxygen atoms in total. The predicted octanol–water partition coefficient (Wildman–Crippen LogP) is 2.80. The normalized spacial score (nSPS) is 23.0. The smallest absolute Gasteiger partial charge is 0.304 e. The number of hydrogen-bond donors (Lipinski definition) is 2. The van der Waals surface area contributed by atoms with Gasteiger partial charge in [0.2, 0.25) is 0 Å². The molecule has 1 saturated carbocycles. The van der Waals surface area contributed by atoms with Crippen LogP contribution in [0.1, 0.15) is 42.5 Å². The van der Waals surface area contributed by atoms with Gasteiger partial charge in [0.05, 0.1) is 13.5 Å². The molecule has 1 aromatic rings. The second kappa shape index (κ2) is 8.27. The van der Waals surface area contributed by atoms with Crippen molar-refractivity contribution in [2.45, 2.75) is 44.2 Å². The van der Waals surface area contributed by atoms with Gasteiger partial charge in [0.1, 0.15) is 5.75 Å². The van der Waals surface area contributed by atoms with E-state index in [4.69, 9.17) is 21.4 Å². The number of benzene rings is 1. The Labute approximate surface area is 158 Å². The second-order valence-electron chi connectivity index (χ2n) is 7.21. The Morgan fingerprint density at radius 2 is 1.96 bits per heavy atom. The topological polar surface area (TPSA) is 78.9 Å². The van der Waals surface area contributed by atoms with E-state index in [1.54, 1.807) is 18.2 Å². The third-order valence-electron chi connectivity index (χ3n) is 5.21. The average molecular weight is 381 g/mol. The van der Waals surface area contributed by atoms with E-state index >= 15 is 0 Å². The quantitative estimate of drug-likeness (QED) is 0.725. The first-order valence-corrected chi connectivity index (χ1v) is 9.44. The van der Waals surface area contributed by atoms with Crippen molar-refractivity contribution in [2.75, 3.05) is 20.2 Å². The first-order chi connectivity index (χ1) is 12.5. The fourth-order valence-corrected chi connectivity index (χ4v) is 3.90. The Morgan fingerprint density at radius 1 is 1.23 bits per heavy atom. The summed E-state index contributed by atoms with van der Waals surface area (Å²) in [5, 5.41) is 12.6. The van der Waals surface area contributed by atoms with Gasteiger partial charge in [0, 0.05) is 35.8 Å². The van der Waals surface area contributed by atoms with E-state index in [2.05, 4.69) is 10.2 Å². The molecule has 1 saturated heterocycles. The average Bonchev–Trinajstić information content (AvgIpc) is 3.35. The van der Waals surface area contributed by atoms with Gasteiger partial charge in [0.15, 0.2) is 0 Å². The lowest BCUT2D eigenvalue weighted by Crippen LogP contribution is -2.44. The van der Waals surface area contributed by atoms with Crippen LogP contribution in [0.15, 0.2) is 18.2 Å². The summed E-state index contributed by atoms with van der Waals surface area (Å²) in [6.45, 7) is 1.44. The molecule has 0 bridgehead atoms. The minimum Gasteiger partial charge on any atom is -0.497 e. The van der Waals surface area contributed by atoms with E-state index < -0.39 is 5.97 Å². The highest BCUT2D eigenvalue weighted by atomic mass is 35.5. The molecule has 0 radical (unpaired) electrons. The molecule has 3 rings (SSSR count). The van der Waals surface area contributed by atoms with Crippen molar-refractivity contribution in [1.82, 2.24) is 10.2 Å². The van der Waals surface area contributed by atoms with Crippen molar-refractivity contribution in [1.29, 1.82) is 0 Å². The van der Waals surface area contributed by atoms with E-state index in [9.17, 15) is 9.59 Å². The summed E-state index contributed by atoms with van der Waals surface area (Å²) >= 11 is 6.03. The molecule has 0 spiro atoms. The number of aliphatic carboxylic acids is 1. The SMILES string of the molecule is COc1cc(Cl)cc(C(=O)NC[C@@H]2CC[C@H](CC(=O)O)N2CC2CC2)c1. The Balaban J connectivity index is 1.61. The molecular weight excluding hydrogens is 356 g/mol. The van der Waals surface area contributed by atoms with Crippen LogP contribution in [0.3, 0.4) is 0 Å². The summed E-state index contributed by atoms with van der Waals surface area (Å²) in [7, 11) is 1.53. The van der Waals surface area contributed by atoms with Gasteiger partial charge in [-0.05, 0) is 49.8 Å². The van der Waals surface area contributed by atoms with Crippen LogP contribution in [-0.4, -0.2) is 54.2 Å². The molecule has 0 unspecified atom stereocenters. The van der Waals surface area contributed by atoms with Crippen LogP contribution in [-0.2, 0) is 4.79 Å². The molecule has 1 amide bonds. The first-order valence-electron chi connectivity index (χ1n) is 9.06. The summed E-state index contributed by atoms with van der Waals surface area (Å²) in [6.07, 6.45) is 4.38. The van der Waals surface area contributed by atoms with Crippen molar-refractivity contribution >= 4 is 23.5 Å². The van der Waals surface area contributed by atoms with E-state index in [0.29, 0.717) is 28.8 Å². The zero-order valence-corrected chi connectivity index (χ0v) is 15.7. The molecule has 1 heterocycles. The van der Waals surface area contributed by atoms with Gasteiger partial charge in [-0.25, -0.2) is 0 Å². The van der Waals surface area contributed by atoms with Gasteiger partial charge in [0.25, 0.3) is 5.91 Å². The summed E-state index contributed by atoms with van der Waals surface area (Å²) < 4.78 is 5.15. The van der Waals surface area contributed by atoms with E-state index in [1.165, 1.54) is 20.0 Å². The Kier molecular flexibility index (Phi) is 6.04. The van der Waals surface area contributed by atoms with E-state index in [-0.39, 0.29) is 24.4 Å². The molecule has 26 heavy (non-hydrogen) atoms. The van der Waals surface area contributed by atoms with Crippen molar-refractivity contribution in [3.63, 3.8) is 0 Å². The predicted molar refractivity (Wildman–Crippen MR) is 98.8 cm³/mol. The highest BCUT2D eigenvalue weighted by molar-refractivity contribution is 6.31. The summed E-state index contributed by atoms with van der Waals surface area (Å²) in [6, 6.07) is 5.18. The maximum Gasteiger partial charge on any atom is 0.304 e. The van der Waals surface area contributed by atoms with Crippen molar-refractivity contribution in [3.05, 3.63) is 28.8 Å². The summed E-state index contributed by atoms with van der Waals surface area (Å²) in [5.74, 6) is 0.269. The fourth-order valence-electron chi connectivity index (χ4n) is 3.68. The Morgan fingerprint density at radius 3 is 2.62 bits per heavy atom. The summed E-state index contributed by atoms with van der Waals surface area (Å²) in [4.78, 5) is 25.9. The maximum atomic E-state index is 12.5. The number of rotatable bonds is 8. The molecule has 2 N–H and O–H groups in total. The maximum absolute atomic E-state index is 12.5. The molecule has 1 aliphatic heterocycles. The molecule has 7 heteroatoms. The van der Waals surface area contributed by atoms with Gasteiger partial charge in [-0.3, -0.25) is 14.5 Å². The van der Waals surface area contributed by atoms with Gasteiger partial charge < -0.3 is 15.2 Å². The molecule has 142 valence electrons. The highest BCUT2D eigenvalue weighted by Crippen LogP contribution is 2.35. The molecule has 2 fully saturated rings. The van der Waals surface area contributed by atoms with E-state index in [0.717, 1.165) is 19.4 Å². The number of ether oxygens (including phenoxy) is 1. The van der Waals surface area contributed by atoms with Crippen LogP contribution in [0.25, 0.3) is 0 Å². The number of nitrogens with one attached hydrogen (secondary N) is 1. The number of likely N-dealkylation sites (tertiary alicyclic amines) is 1. The Hall–Kier alpha value is -1.79. The molecule has 2 aliphatic rings. The van der Waals surface area contributed by atoms with Crippen LogP contribution in [0.2, 0.25) is 5.02 Å². The summed E-state index contributed by atoms with van der Waals surface area (Å²) in [5.41, 5.74) is 0.461. The lowest BCUT2D eigenvalue weighted by atomic mass is 10.1. The number of methoxy groups -OCH3 is 1. The minimum absolute atomic E-state index is 0.0706. The highest BCUT2D eigenvalue weighted by Gasteiger charge is 2.38. The van der Waals surface area contributed by atoms with Gasteiger partial charge in [-0.1, -0.05) is 11.6 Å². The zero-order valence-electron chi connectivity index (χ0n) is 14.9. The standard InChI is InChI=1S/C19H25ClN2O4/c1-26-17-7-13(6-14(20)8-17)19(25)21-10-16-5-4-15(9-18(23)24)22(16)11-12-2-3-12/h6-8,12,15-16H,2-5,9-11H2,1H3,(H,21,25)(H,23,24)/t15-,16+/m1/s1. The zero-order chi connectivity index (χ0) is 18.7. The van der Waals surface area contributed by atoms with Crippen LogP contribution in [0, 0.1) is 5.92 Å². The molecular formula is C19H25ClN2O4. The van der Waals surface area contributed by atoms with Crippen molar-refractivity contribution < 1.29 is 19.4 Å². The van der Waals surface area contributed by atoms with Crippen molar-refractivity contribution in [3.8, 4) is 5.75 Å². The number of halogens is 1. The third-order valence-corrected chi connectivity index (χ3v) is 5.43. The lowest BCUT2D eigenvalue weighted by molar-refractivity contribution is -0.138. The molecule has 0 aromatic heterocycles. The van der Waals surface area contributed by atoms with Crippen LogP contribution >= 0.6 is 11.6 Å². The lowest BCUT2D eigenvalue weighted by Gasteiger charge is -2.29. The Bertz CT molecular complexity index is 678. The van der Waals surface area contributed by atoms with Crippen molar-refractivity contribution in [2.24, 2.45) is 5.92 Å². The molecule has 1 aliphatic carbocycles. The molecule has 1 aromatic carbocycles. The second-order valence-corrected chi connectivity index (χ2v) is 7.65.